The lowest BCUT2D eigenvalue weighted by molar-refractivity contribution is 0.814. The van der Waals surface area contributed by atoms with E-state index in [1.54, 1.807) is 0 Å². The first-order chi connectivity index (χ1) is 22.3. The number of hydrogen-bond donors (Lipinski definition) is 2. The average molecular weight is 652 g/mol. The minimum Gasteiger partial charge on any atom is -0.321 e. The third kappa shape index (κ3) is 11.1. The molecule has 2 atom stereocenters. The second kappa shape index (κ2) is 21.0. The van der Waals surface area contributed by atoms with Gasteiger partial charge in [-0.2, -0.15) is 11.8 Å². The fraction of sp³-hybridized carbons (Fsp3) is 0.349. The largest absolute Gasteiger partial charge is 0.321 e. The van der Waals surface area contributed by atoms with Crippen LogP contribution in [0.2, 0.25) is 0 Å². The van der Waals surface area contributed by atoms with Gasteiger partial charge in [0.05, 0.1) is 6.04 Å². The van der Waals surface area contributed by atoms with Crippen LogP contribution >= 0.6 is 24.4 Å². The van der Waals surface area contributed by atoms with Crippen molar-refractivity contribution in [2.24, 2.45) is 5.73 Å². The first kappa shape index (κ1) is 39.2. The Morgan fingerprint density at radius 2 is 1.24 bits per heavy atom. The molecule has 0 radical (unpaired) electrons. The average Bonchev–Trinajstić information content (AvgIpc) is 3.11. The molecule has 5 rings (SSSR count). The smallest absolute Gasteiger partial charge is 0.0511 e. The molecule has 0 fully saturated rings. The highest BCUT2D eigenvalue weighted by molar-refractivity contribution is 7.98. The van der Waals surface area contributed by atoms with Crippen molar-refractivity contribution in [1.82, 2.24) is 0 Å². The summed E-state index contributed by atoms with van der Waals surface area (Å²) in [6, 6.07) is 25.6. The summed E-state index contributed by atoms with van der Waals surface area (Å²) in [5.41, 5.74) is 19.7. The van der Waals surface area contributed by atoms with Crippen LogP contribution in [0.5, 0.6) is 0 Å². The fourth-order valence-corrected chi connectivity index (χ4v) is 6.39. The van der Waals surface area contributed by atoms with Gasteiger partial charge in [-0.05, 0) is 115 Å². The van der Waals surface area contributed by atoms with E-state index in [0.29, 0.717) is 5.25 Å². The van der Waals surface area contributed by atoms with Gasteiger partial charge in [0, 0.05) is 10.1 Å². The zero-order valence-corrected chi connectivity index (χ0v) is 31.3. The third-order valence-electron chi connectivity index (χ3n) is 8.36. The van der Waals surface area contributed by atoms with Crippen LogP contribution in [-0.2, 0) is 6.42 Å². The SMILES string of the molecule is C=C(Cc1ccccc1C1=C(C)C=CCC1)C(N)c1ccc(C(C)SC)cc1.CC.CC.CC1=C(c2ccccc2S)CCC=C1. The van der Waals surface area contributed by atoms with Crippen molar-refractivity contribution < 1.29 is 0 Å². The van der Waals surface area contributed by atoms with Gasteiger partial charge in [0.1, 0.15) is 0 Å². The molecule has 0 bridgehead atoms. The molecule has 0 saturated heterocycles. The normalized spacial score (nSPS) is 15.0. The van der Waals surface area contributed by atoms with Gasteiger partial charge in [0.15, 0.2) is 0 Å². The van der Waals surface area contributed by atoms with E-state index in [0.717, 1.165) is 48.1 Å². The van der Waals surface area contributed by atoms with Crippen LogP contribution < -0.4 is 5.73 Å². The number of benzene rings is 3. The van der Waals surface area contributed by atoms with E-state index < -0.39 is 0 Å². The Bertz CT molecular complexity index is 1500. The lowest BCUT2D eigenvalue weighted by atomic mass is 9.86. The van der Waals surface area contributed by atoms with Crippen molar-refractivity contribution >= 4 is 35.5 Å². The standard InChI is InChI=1S/C26H31NS.C13H14S.2C2H6/c1-18-9-5-7-11-24(18)25-12-8-6-10-23(25)17-19(2)26(27)22-15-13-21(14-16-22)20(3)28-4;1-10-6-2-3-7-11(10)12-8-4-5-9-13(12)14;2*1-2/h5-6,8-10,12-16,20,26H,2,7,11,17,27H2,1,3-4H3;2,4-6,8-9,14H,3,7H2,1H3;2*1-2H3. The molecular formula is C43H57NS2. The maximum Gasteiger partial charge on any atom is 0.0511 e. The second-order valence-electron chi connectivity index (χ2n) is 11.2. The van der Waals surface area contributed by atoms with E-state index in [2.05, 4.69) is 137 Å². The molecule has 246 valence electrons. The quantitative estimate of drug-likeness (QED) is 0.187. The Morgan fingerprint density at radius 3 is 1.76 bits per heavy atom. The monoisotopic (exact) mass is 651 g/mol. The van der Waals surface area contributed by atoms with Gasteiger partial charge < -0.3 is 5.73 Å². The summed E-state index contributed by atoms with van der Waals surface area (Å²) in [5.74, 6) is 0. The Hall–Kier alpha value is -2.98. The van der Waals surface area contributed by atoms with Crippen molar-refractivity contribution in [3.05, 3.63) is 148 Å². The molecule has 2 aliphatic carbocycles. The molecule has 3 aromatic carbocycles. The molecule has 1 nitrogen and oxygen atoms in total. The van der Waals surface area contributed by atoms with Crippen molar-refractivity contribution in [3.63, 3.8) is 0 Å². The predicted molar refractivity (Wildman–Crippen MR) is 213 cm³/mol. The van der Waals surface area contributed by atoms with Gasteiger partial charge in [-0.1, -0.05) is 131 Å². The van der Waals surface area contributed by atoms with E-state index in [1.807, 2.05) is 45.5 Å². The summed E-state index contributed by atoms with van der Waals surface area (Å²) in [7, 11) is 0. The first-order valence-electron chi connectivity index (χ1n) is 16.9. The van der Waals surface area contributed by atoms with E-state index in [-0.39, 0.29) is 6.04 Å². The Balaban J connectivity index is 0.000000342. The van der Waals surface area contributed by atoms with Gasteiger partial charge in [0.25, 0.3) is 0 Å². The van der Waals surface area contributed by atoms with Crippen LogP contribution in [0.15, 0.2) is 125 Å². The van der Waals surface area contributed by atoms with E-state index in [9.17, 15) is 0 Å². The predicted octanol–water partition coefficient (Wildman–Crippen LogP) is 13.2. The van der Waals surface area contributed by atoms with Gasteiger partial charge >= 0.3 is 0 Å². The second-order valence-corrected chi connectivity index (χ2v) is 12.9. The summed E-state index contributed by atoms with van der Waals surface area (Å²) in [5, 5.41) is 0.501. The number of allylic oxidation sites excluding steroid dienone is 8. The maximum atomic E-state index is 6.57. The molecule has 0 heterocycles. The zero-order valence-electron chi connectivity index (χ0n) is 29.6. The molecule has 46 heavy (non-hydrogen) atoms. The summed E-state index contributed by atoms with van der Waals surface area (Å²) in [4.78, 5) is 1.08. The van der Waals surface area contributed by atoms with Crippen molar-refractivity contribution in [3.8, 4) is 0 Å². The maximum absolute atomic E-state index is 6.57. The Kier molecular flexibility index (Phi) is 17.9. The van der Waals surface area contributed by atoms with Crippen LogP contribution in [0.4, 0.5) is 0 Å². The van der Waals surface area contributed by atoms with E-state index in [1.165, 1.54) is 44.5 Å². The molecule has 0 amide bonds. The molecule has 0 aromatic heterocycles. The molecule has 3 heteroatoms. The van der Waals surface area contributed by atoms with Crippen LogP contribution in [0.25, 0.3) is 11.1 Å². The van der Waals surface area contributed by atoms with E-state index in [4.69, 9.17) is 5.73 Å². The molecule has 2 N–H and O–H groups in total. The Labute approximate surface area is 291 Å². The minimum atomic E-state index is -0.145. The summed E-state index contributed by atoms with van der Waals surface area (Å²) in [6.45, 7) is 19.0. The highest BCUT2D eigenvalue weighted by Gasteiger charge is 2.16. The lowest BCUT2D eigenvalue weighted by Crippen LogP contribution is -2.15. The van der Waals surface area contributed by atoms with Gasteiger partial charge in [-0.3, -0.25) is 0 Å². The molecule has 0 aliphatic heterocycles. The summed E-state index contributed by atoms with van der Waals surface area (Å²) >= 11 is 6.35. The van der Waals surface area contributed by atoms with Crippen molar-refractivity contribution in [2.75, 3.05) is 6.26 Å². The minimum absolute atomic E-state index is 0.145. The van der Waals surface area contributed by atoms with Crippen LogP contribution in [0.3, 0.4) is 0 Å². The van der Waals surface area contributed by atoms with Gasteiger partial charge in [-0.25, -0.2) is 0 Å². The Morgan fingerprint density at radius 1 is 0.761 bits per heavy atom. The molecule has 2 aliphatic rings. The lowest BCUT2D eigenvalue weighted by Gasteiger charge is -2.21. The van der Waals surface area contributed by atoms with Crippen LogP contribution in [0, 0.1) is 0 Å². The van der Waals surface area contributed by atoms with E-state index >= 15 is 0 Å². The van der Waals surface area contributed by atoms with Crippen molar-refractivity contribution in [2.45, 2.75) is 96.8 Å². The van der Waals surface area contributed by atoms with Crippen LogP contribution in [0.1, 0.15) is 113 Å². The zero-order chi connectivity index (χ0) is 34.1. The molecule has 0 saturated carbocycles. The topological polar surface area (TPSA) is 26.0 Å². The fourth-order valence-electron chi connectivity index (χ4n) is 5.66. The van der Waals surface area contributed by atoms with Gasteiger partial charge in [-0.15, -0.1) is 12.6 Å². The van der Waals surface area contributed by atoms with Crippen LogP contribution in [-0.4, -0.2) is 6.26 Å². The number of thioether (sulfide) groups is 1. The number of rotatable bonds is 8. The molecule has 0 spiro atoms. The summed E-state index contributed by atoms with van der Waals surface area (Å²) in [6.07, 6.45) is 16.4. The summed E-state index contributed by atoms with van der Waals surface area (Å²) < 4.78 is 0. The molecular weight excluding hydrogens is 595 g/mol. The number of hydrogen-bond acceptors (Lipinski definition) is 3. The first-order valence-corrected chi connectivity index (χ1v) is 18.7. The highest BCUT2D eigenvalue weighted by Crippen LogP contribution is 2.34. The number of thiol groups is 1. The van der Waals surface area contributed by atoms with Gasteiger partial charge in [0.2, 0.25) is 0 Å². The van der Waals surface area contributed by atoms with Crippen molar-refractivity contribution in [1.29, 1.82) is 0 Å². The third-order valence-corrected chi connectivity index (χ3v) is 9.73. The highest BCUT2D eigenvalue weighted by atomic mass is 32.2. The molecule has 3 aromatic rings. The number of nitrogens with two attached hydrogens (primary N) is 1. The molecule has 2 unspecified atom stereocenters.